The standard InChI is InChI=1S/C37H65NO29/c1-7-13(38-14-15(44)8(2-39)16(45)19(48)18(14)47)17(46)25(54)34(59-7)64-30-10(4-41)61-36(26(55)21(30)50)66-32-12(6-43)63-37(28(57)23(32)52)67-31-11(5-42)62-35(27(56)22(31)51)65-29-9(3-40)60-33(58)24(53)20(29)49/h7-58H,2-6H2,1H3. The minimum absolute atomic E-state index is 0.782. The second-order valence-electron chi connectivity index (χ2n) is 17.5. The third-order valence-electron chi connectivity index (χ3n) is 13.2. The van der Waals surface area contributed by atoms with Crippen LogP contribution in [-0.2, 0) is 42.6 Å². The van der Waals surface area contributed by atoms with E-state index in [2.05, 4.69) is 5.32 Å². The summed E-state index contributed by atoms with van der Waals surface area (Å²) in [5.41, 5.74) is 0. The molecule has 0 bridgehead atoms. The van der Waals surface area contributed by atoms with Gasteiger partial charge in [0.05, 0.1) is 63.4 Å². The third kappa shape index (κ3) is 10.9. The molecular weight excluding hydrogens is 922 g/mol. The van der Waals surface area contributed by atoms with Gasteiger partial charge in [-0.2, -0.15) is 0 Å². The number of aliphatic hydroxyl groups excluding tert-OH is 20. The van der Waals surface area contributed by atoms with E-state index < -0.39 is 223 Å². The van der Waals surface area contributed by atoms with Crippen LogP contribution in [0.3, 0.4) is 0 Å². The quantitative estimate of drug-likeness (QED) is 0.0724. The van der Waals surface area contributed by atoms with Gasteiger partial charge in [-0.15, -0.1) is 0 Å². The number of nitrogens with one attached hydrogen (secondary N) is 1. The summed E-state index contributed by atoms with van der Waals surface area (Å²) in [5, 5.41) is 213. The van der Waals surface area contributed by atoms with Crippen molar-refractivity contribution >= 4 is 0 Å². The van der Waals surface area contributed by atoms with E-state index in [1.54, 1.807) is 0 Å². The van der Waals surface area contributed by atoms with Crippen LogP contribution in [-0.4, -0.2) is 319 Å². The molecule has 1 saturated carbocycles. The fraction of sp³-hybridized carbons (Fsp3) is 1.00. The normalized spacial score (nSPS) is 54.5. The molecule has 30 heteroatoms. The Labute approximate surface area is 379 Å². The molecule has 5 aliphatic heterocycles. The molecule has 67 heavy (non-hydrogen) atoms. The lowest BCUT2D eigenvalue weighted by molar-refractivity contribution is -0.391. The van der Waals surface area contributed by atoms with Crippen LogP contribution in [0.4, 0.5) is 0 Å². The van der Waals surface area contributed by atoms with E-state index in [0.717, 1.165) is 0 Å². The van der Waals surface area contributed by atoms with Crippen molar-refractivity contribution in [2.45, 2.75) is 191 Å². The van der Waals surface area contributed by atoms with Crippen molar-refractivity contribution in [2.75, 3.05) is 33.0 Å². The first-order valence-corrected chi connectivity index (χ1v) is 21.6. The van der Waals surface area contributed by atoms with Crippen molar-refractivity contribution in [1.82, 2.24) is 5.32 Å². The molecular formula is C37H65NO29. The van der Waals surface area contributed by atoms with Crippen molar-refractivity contribution < 1.29 is 145 Å². The van der Waals surface area contributed by atoms with E-state index in [4.69, 9.17) is 42.6 Å². The predicted octanol–water partition coefficient (Wildman–Crippen LogP) is -13.9. The van der Waals surface area contributed by atoms with Crippen molar-refractivity contribution in [2.24, 2.45) is 5.92 Å². The zero-order valence-electron chi connectivity index (χ0n) is 35.6. The van der Waals surface area contributed by atoms with Crippen LogP contribution in [0.25, 0.3) is 0 Å². The molecule has 0 radical (unpaired) electrons. The predicted molar refractivity (Wildman–Crippen MR) is 204 cm³/mol. The zero-order chi connectivity index (χ0) is 49.5. The van der Waals surface area contributed by atoms with Gasteiger partial charge in [0.1, 0.15) is 122 Å². The van der Waals surface area contributed by atoms with Gasteiger partial charge in [0.25, 0.3) is 0 Å². The minimum Gasteiger partial charge on any atom is -0.396 e. The summed E-state index contributed by atoms with van der Waals surface area (Å²) in [6.45, 7) is -3.21. The maximum Gasteiger partial charge on any atom is 0.187 e. The Morgan fingerprint density at radius 1 is 0.328 bits per heavy atom. The Morgan fingerprint density at radius 3 is 1.03 bits per heavy atom. The molecule has 31 atom stereocenters. The van der Waals surface area contributed by atoms with Crippen LogP contribution < -0.4 is 5.32 Å². The van der Waals surface area contributed by atoms with Crippen LogP contribution in [0.2, 0.25) is 0 Å². The Morgan fingerprint density at radius 2 is 0.657 bits per heavy atom. The molecule has 6 fully saturated rings. The lowest BCUT2D eigenvalue weighted by Crippen LogP contribution is -2.72. The van der Waals surface area contributed by atoms with Crippen molar-refractivity contribution in [3.05, 3.63) is 0 Å². The lowest BCUT2D eigenvalue weighted by atomic mass is 9.76. The highest BCUT2D eigenvalue weighted by Crippen LogP contribution is 2.36. The number of hydrogen-bond donors (Lipinski definition) is 21. The highest BCUT2D eigenvalue weighted by atomic mass is 16.8. The highest BCUT2D eigenvalue weighted by molar-refractivity contribution is 5.06. The molecule has 6 aliphatic rings. The van der Waals surface area contributed by atoms with E-state index in [1.807, 2.05) is 0 Å². The first-order valence-electron chi connectivity index (χ1n) is 21.6. The lowest BCUT2D eigenvalue weighted by Gasteiger charge is -2.50. The molecule has 5 heterocycles. The van der Waals surface area contributed by atoms with Crippen molar-refractivity contribution in [3.8, 4) is 0 Å². The largest absolute Gasteiger partial charge is 0.396 e. The molecule has 0 aromatic carbocycles. The maximum atomic E-state index is 11.2. The second-order valence-corrected chi connectivity index (χ2v) is 17.5. The van der Waals surface area contributed by atoms with Crippen LogP contribution >= 0.6 is 0 Å². The summed E-state index contributed by atoms with van der Waals surface area (Å²) < 4.78 is 50.1. The maximum absolute atomic E-state index is 11.2. The summed E-state index contributed by atoms with van der Waals surface area (Å²) in [7, 11) is 0. The fourth-order valence-corrected chi connectivity index (χ4v) is 9.20. The van der Waals surface area contributed by atoms with Crippen LogP contribution in [0.15, 0.2) is 0 Å². The summed E-state index contributed by atoms with van der Waals surface area (Å²) >= 11 is 0. The van der Waals surface area contributed by atoms with Crippen molar-refractivity contribution in [1.29, 1.82) is 0 Å². The fourth-order valence-electron chi connectivity index (χ4n) is 9.20. The van der Waals surface area contributed by atoms with Gasteiger partial charge in [-0.25, -0.2) is 0 Å². The van der Waals surface area contributed by atoms with Crippen LogP contribution in [0, 0.1) is 5.92 Å². The Bertz CT molecular complexity index is 1520. The van der Waals surface area contributed by atoms with Crippen LogP contribution in [0.1, 0.15) is 6.92 Å². The average Bonchev–Trinajstić information content (AvgIpc) is 3.31. The molecule has 1 aliphatic carbocycles. The molecule has 0 amide bonds. The third-order valence-corrected chi connectivity index (χ3v) is 13.2. The van der Waals surface area contributed by atoms with Gasteiger partial charge in [-0.05, 0) is 6.92 Å². The Kier molecular flexibility index (Phi) is 19.0. The summed E-state index contributed by atoms with van der Waals surface area (Å²) in [6, 6.07) is -2.76. The molecule has 21 N–H and O–H groups in total. The van der Waals surface area contributed by atoms with Gasteiger partial charge in [0.15, 0.2) is 31.5 Å². The van der Waals surface area contributed by atoms with E-state index in [9.17, 15) is 102 Å². The van der Waals surface area contributed by atoms with Gasteiger partial charge < -0.3 is 150 Å². The Balaban J connectivity index is 1.06. The first-order chi connectivity index (χ1) is 31.6. The average molecular weight is 988 g/mol. The van der Waals surface area contributed by atoms with Crippen molar-refractivity contribution in [3.63, 3.8) is 0 Å². The second kappa shape index (κ2) is 23.1. The monoisotopic (exact) mass is 987 g/mol. The van der Waals surface area contributed by atoms with Gasteiger partial charge in [-0.1, -0.05) is 0 Å². The smallest absolute Gasteiger partial charge is 0.187 e. The van der Waals surface area contributed by atoms with Gasteiger partial charge in [0, 0.05) is 5.92 Å². The van der Waals surface area contributed by atoms with Gasteiger partial charge >= 0.3 is 0 Å². The number of ether oxygens (including phenoxy) is 9. The zero-order valence-corrected chi connectivity index (χ0v) is 35.6. The molecule has 0 aromatic rings. The van der Waals surface area contributed by atoms with Gasteiger partial charge in [-0.3, -0.25) is 0 Å². The molecule has 0 aromatic heterocycles. The number of rotatable bonds is 15. The molecule has 0 spiro atoms. The van der Waals surface area contributed by atoms with E-state index in [-0.39, 0.29) is 0 Å². The van der Waals surface area contributed by atoms with E-state index >= 15 is 0 Å². The van der Waals surface area contributed by atoms with E-state index in [0.29, 0.717) is 0 Å². The summed E-state index contributed by atoms with van der Waals surface area (Å²) in [4.78, 5) is 0. The molecule has 5 saturated heterocycles. The molecule has 31 unspecified atom stereocenters. The number of hydrogen-bond acceptors (Lipinski definition) is 30. The number of aliphatic hydroxyl groups is 20. The SMILES string of the molecule is CC1OC(OC2C(CO)OC(OC3C(CO)OC(OC4C(CO)OC(OC5C(CO)OC(O)C(O)C5O)C(O)C4O)C(O)C3O)C(O)C2O)C(O)C(O)C1NC1C(O)C(O)C(O)C(CO)C1O. The summed E-state index contributed by atoms with van der Waals surface area (Å²) in [5.74, 6) is -1.30. The molecule has 30 nitrogen and oxygen atoms in total. The minimum atomic E-state index is -2.15. The first kappa shape index (κ1) is 55.1. The Hall–Kier alpha value is -1.20. The molecule has 392 valence electrons. The van der Waals surface area contributed by atoms with Gasteiger partial charge in [0.2, 0.25) is 0 Å². The van der Waals surface area contributed by atoms with E-state index in [1.165, 1.54) is 6.92 Å². The van der Waals surface area contributed by atoms with Crippen LogP contribution in [0.5, 0.6) is 0 Å². The highest BCUT2D eigenvalue weighted by Gasteiger charge is 2.57. The topological polar surface area (TPSA) is 500 Å². The summed E-state index contributed by atoms with van der Waals surface area (Å²) in [6.07, 6.45) is -51.4. The molecule has 6 rings (SSSR count).